The molecule has 3 aromatic carbocycles. The summed E-state index contributed by atoms with van der Waals surface area (Å²) in [6.45, 7) is 3.17. The predicted octanol–water partition coefficient (Wildman–Crippen LogP) is 4.72. The van der Waals surface area contributed by atoms with Crippen LogP contribution in [0, 0.1) is 0 Å². The number of benzene rings is 3. The highest BCUT2D eigenvalue weighted by molar-refractivity contribution is 7.22. The van der Waals surface area contributed by atoms with Gasteiger partial charge >= 0.3 is 0 Å². The number of fused-ring (bicyclic) bond motifs is 2. The quantitative estimate of drug-likeness (QED) is 0.424. The van der Waals surface area contributed by atoms with E-state index in [1.54, 1.807) is 17.7 Å². The van der Waals surface area contributed by atoms with Crippen molar-refractivity contribution in [1.29, 1.82) is 0 Å². The summed E-state index contributed by atoms with van der Waals surface area (Å²) in [6, 6.07) is 21.4. The molecule has 0 radical (unpaired) electrons. The van der Waals surface area contributed by atoms with Crippen LogP contribution in [0.5, 0.6) is 0 Å². The molecule has 7 nitrogen and oxygen atoms in total. The largest absolute Gasteiger partial charge is 0.378 e. The van der Waals surface area contributed by atoms with Gasteiger partial charge in [-0.2, -0.15) is 0 Å². The van der Waals surface area contributed by atoms with Gasteiger partial charge in [0.1, 0.15) is 6.33 Å². The molecule has 33 heavy (non-hydrogen) atoms. The van der Waals surface area contributed by atoms with Gasteiger partial charge < -0.3 is 15.0 Å². The van der Waals surface area contributed by atoms with E-state index in [1.165, 1.54) is 0 Å². The zero-order chi connectivity index (χ0) is 22.2. The van der Waals surface area contributed by atoms with Crippen molar-refractivity contribution in [2.75, 3.05) is 36.5 Å². The monoisotopic (exact) mass is 455 g/mol. The van der Waals surface area contributed by atoms with Gasteiger partial charge in [-0.15, -0.1) is 0 Å². The molecule has 5 aromatic rings. The maximum Gasteiger partial charge on any atom is 0.255 e. The number of nitrogens with zero attached hydrogens (tertiary/aromatic N) is 4. The maximum absolute atomic E-state index is 12.8. The highest BCUT2D eigenvalue weighted by Crippen LogP contribution is 2.31. The number of morpholine rings is 1. The number of para-hydroxylation sites is 2. The van der Waals surface area contributed by atoms with E-state index in [-0.39, 0.29) is 5.91 Å². The fraction of sp³-hybridized carbons (Fsp3) is 0.160. The number of thiazole rings is 1. The van der Waals surface area contributed by atoms with Gasteiger partial charge in [0.2, 0.25) is 0 Å². The van der Waals surface area contributed by atoms with E-state index in [2.05, 4.69) is 15.2 Å². The number of ether oxygens (including phenoxy) is 1. The van der Waals surface area contributed by atoms with Gasteiger partial charge in [0.25, 0.3) is 5.91 Å². The molecule has 1 aliphatic rings. The van der Waals surface area contributed by atoms with E-state index >= 15 is 0 Å². The van der Waals surface area contributed by atoms with E-state index in [0.29, 0.717) is 5.56 Å². The van der Waals surface area contributed by atoms with Crippen LogP contribution >= 0.6 is 11.3 Å². The molecule has 1 fully saturated rings. The molecule has 1 amide bonds. The van der Waals surface area contributed by atoms with Crippen molar-refractivity contribution in [1.82, 2.24) is 14.5 Å². The predicted molar refractivity (Wildman–Crippen MR) is 132 cm³/mol. The SMILES string of the molecule is O=C(Nc1ccc2nc(N3CCOCC3)sc2c1)c1ccc(-n2cnc3ccccc32)cc1. The minimum absolute atomic E-state index is 0.144. The third-order valence-corrected chi connectivity index (χ3v) is 6.86. The lowest BCUT2D eigenvalue weighted by molar-refractivity contribution is 0.102. The van der Waals surface area contributed by atoms with Gasteiger partial charge in [0.05, 0.1) is 34.5 Å². The zero-order valence-electron chi connectivity index (χ0n) is 17.8. The van der Waals surface area contributed by atoms with Gasteiger partial charge in [0, 0.05) is 30.0 Å². The summed E-state index contributed by atoms with van der Waals surface area (Å²) in [7, 11) is 0. The van der Waals surface area contributed by atoms with Crippen molar-refractivity contribution in [2.24, 2.45) is 0 Å². The van der Waals surface area contributed by atoms with Gasteiger partial charge in [-0.3, -0.25) is 9.36 Å². The number of hydrogen-bond acceptors (Lipinski definition) is 6. The summed E-state index contributed by atoms with van der Waals surface area (Å²) in [5.41, 5.74) is 5.23. The van der Waals surface area contributed by atoms with Crippen LogP contribution in [-0.4, -0.2) is 46.7 Å². The summed E-state index contributed by atoms with van der Waals surface area (Å²) < 4.78 is 8.50. The lowest BCUT2D eigenvalue weighted by atomic mass is 10.2. The molecule has 8 heteroatoms. The summed E-state index contributed by atoms with van der Waals surface area (Å²) in [5, 5.41) is 4.01. The van der Waals surface area contributed by atoms with Crippen molar-refractivity contribution in [2.45, 2.75) is 0 Å². The molecule has 164 valence electrons. The Hall–Kier alpha value is -3.75. The van der Waals surface area contributed by atoms with Crippen LogP contribution in [-0.2, 0) is 4.74 Å². The highest BCUT2D eigenvalue weighted by Gasteiger charge is 2.16. The van der Waals surface area contributed by atoms with E-state index in [0.717, 1.165) is 64.1 Å². The highest BCUT2D eigenvalue weighted by atomic mass is 32.1. The van der Waals surface area contributed by atoms with Crippen molar-refractivity contribution < 1.29 is 9.53 Å². The molecular weight excluding hydrogens is 434 g/mol. The lowest BCUT2D eigenvalue weighted by Crippen LogP contribution is -2.36. The van der Waals surface area contributed by atoms with Crippen LogP contribution < -0.4 is 10.2 Å². The second-order valence-electron chi connectivity index (χ2n) is 7.88. The third kappa shape index (κ3) is 3.83. The Morgan fingerprint density at radius 1 is 0.970 bits per heavy atom. The number of amides is 1. The first-order chi connectivity index (χ1) is 16.2. The molecule has 3 heterocycles. The van der Waals surface area contributed by atoms with Crippen LogP contribution in [0.2, 0.25) is 0 Å². The molecule has 2 aromatic heterocycles. The Bertz CT molecular complexity index is 1450. The third-order valence-electron chi connectivity index (χ3n) is 5.78. The molecule has 0 spiro atoms. The number of carbonyl (C=O) groups excluding carboxylic acids is 1. The van der Waals surface area contributed by atoms with Crippen molar-refractivity contribution in [3.8, 4) is 5.69 Å². The normalized spacial score (nSPS) is 14.1. The molecule has 1 aliphatic heterocycles. The molecule has 0 unspecified atom stereocenters. The molecule has 1 saturated heterocycles. The average Bonchev–Trinajstić information content (AvgIpc) is 3.49. The van der Waals surface area contributed by atoms with Crippen LogP contribution in [0.1, 0.15) is 10.4 Å². The average molecular weight is 456 g/mol. The number of anilines is 2. The number of imidazole rings is 1. The molecule has 0 bridgehead atoms. The van der Waals surface area contributed by atoms with Crippen LogP contribution in [0.4, 0.5) is 10.8 Å². The second-order valence-corrected chi connectivity index (χ2v) is 8.89. The minimum atomic E-state index is -0.144. The fourth-order valence-electron chi connectivity index (χ4n) is 4.02. The lowest BCUT2D eigenvalue weighted by Gasteiger charge is -2.25. The minimum Gasteiger partial charge on any atom is -0.378 e. The van der Waals surface area contributed by atoms with E-state index in [4.69, 9.17) is 9.72 Å². The fourth-order valence-corrected chi connectivity index (χ4v) is 5.08. The molecular formula is C25H21N5O2S. The standard InChI is InChI=1S/C25H21N5O2S/c31-24(17-5-8-19(9-6-17)30-16-26-20-3-1-2-4-22(20)30)27-18-7-10-21-23(15-18)33-25(28-21)29-11-13-32-14-12-29/h1-10,15-16H,11-14H2,(H,27,31). The van der Waals surface area contributed by atoms with E-state index < -0.39 is 0 Å². The number of carbonyl (C=O) groups is 1. The summed E-state index contributed by atoms with van der Waals surface area (Å²) in [5.74, 6) is -0.144. The molecule has 0 aliphatic carbocycles. The first-order valence-corrected chi connectivity index (χ1v) is 11.6. The van der Waals surface area contributed by atoms with Gasteiger partial charge in [-0.05, 0) is 54.6 Å². The molecule has 0 saturated carbocycles. The molecule has 0 atom stereocenters. The Morgan fingerprint density at radius 3 is 2.64 bits per heavy atom. The number of nitrogens with one attached hydrogen (secondary N) is 1. The second kappa shape index (κ2) is 8.31. The van der Waals surface area contributed by atoms with Crippen molar-refractivity contribution >= 4 is 49.3 Å². The Labute approximate surface area is 194 Å². The first-order valence-electron chi connectivity index (χ1n) is 10.8. The number of aromatic nitrogens is 3. The smallest absolute Gasteiger partial charge is 0.255 e. The van der Waals surface area contributed by atoms with Gasteiger partial charge in [-0.25, -0.2) is 9.97 Å². The van der Waals surface area contributed by atoms with E-state index in [9.17, 15) is 4.79 Å². The Morgan fingerprint density at radius 2 is 1.79 bits per heavy atom. The van der Waals surface area contributed by atoms with Gasteiger partial charge in [0.15, 0.2) is 5.13 Å². The van der Waals surface area contributed by atoms with Crippen molar-refractivity contribution in [3.05, 3.63) is 78.6 Å². The first kappa shape index (κ1) is 19.9. The van der Waals surface area contributed by atoms with E-state index in [1.807, 2.05) is 71.3 Å². The van der Waals surface area contributed by atoms with Crippen LogP contribution in [0.25, 0.3) is 26.9 Å². The Balaban J connectivity index is 1.20. The van der Waals surface area contributed by atoms with Crippen LogP contribution in [0.3, 0.4) is 0 Å². The summed E-state index contributed by atoms with van der Waals surface area (Å²) in [6.07, 6.45) is 1.80. The molecule has 6 rings (SSSR count). The number of hydrogen-bond donors (Lipinski definition) is 1. The summed E-state index contributed by atoms with van der Waals surface area (Å²) >= 11 is 1.64. The van der Waals surface area contributed by atoms with Crippen LogP contribution in [0.15, 0.2) is 73.1 Å². The summed E-state index contributed by atoms with van der Waals surface area (Å²) in [4.78, 5) is 24.3. The number of rotatable bonds is 4. The molecule has 1 N–H and O–H groups in total. The maximum atomic E-state index is 12.8. The topological polar surface area (TPSA) is 72.3 Å². The van der Waals surface area contributed by atoms with Crippen molar-refractivity contribution in [3.63, 3.8) is 0 Å². The Kier molecular flexibility index (Phi) is 5.01. The van der Waals surface area contributed by atoms with Gasteiger partial charge in [-0.1, -0.05) is 23.5 Å². The zero-order valence-corrected chi connectivity index (χ0v) is 18.6.